The van der Waals surface area contributed by atoms with Crippen LogP contribution in [0.2, 0.25) is 0 Å². The molecule has 2 nitrogen and oxygen atoms in total. The van der Waals surface area contributed by atoms with Crippen LogP contribution in [0.1, 0.15) is 47.6 Å². The first-order chi connectivity index (χ1) is 9.56. The number of hydrogen-bond donors (Lipinski definition) is 1. The summed E-state index contributed by atoms with van der Waals surface area (Å²) in [5.74, 6) is 0.663. The van der Waals surface area contributed by atoms with Crippen molar-refractivity contribution in [3.05, 3.63) is 57.8 Å². The molecule has 1 atom stereocenters. The molecule has 0 aliphatic heterocycles. The van der Waals surface area contributed by atoms with Crippen molar-refractivity contribution in [3.63, 3.8) is 0 Å². The Labute approximate surface area is 124 Å². The van der Waals surface area contributed by atoms with Gasteiger partial charge in [0.05, 0.1) is 10.9 Å². The van der Waals surface area contributed by atoms with E-state index in [1.54, 1.807) is 0 Å². The molecule has 3 heteroatoms. The molecule has 0 radical (unpaired) electrons. The second kappa shape index (κ2) is 6.71. The van der Waals surface area contributed by atoms with E-state index in [2.05, 4.69) is 43.4 Å². The maximum atomic E-state index is 12.0. The van der Waals surface area contributed by atoms with Crippen LogP contribution in [0.4, 0.5) is 0 Å². The molecular formula is C17H21NOS. The Morgan fingerprint density at radius 3 is 2.40 bits per heavy atom. The molecule has 0 saturated carbocycles. The van der Waals surface area contributed by atoms with Crippen molar-refractivity contribution in [2.45, 2.75) is 33.2 Å². The van der Waals surface area contributed by atoms with E-state index in [0.717, 1.165) is 16.9 Å². The first-order valence-corrected chi connectivity index (χ1v) is 7.87. The highest BCUT2D eigenvalue weighted by atomic mass is 32.1. The van der Waals surface area contributed by atoms with E-state index in [0.29, 0.717) is 5.92 Å². The summed E-state index contributed by atoms with van der Waals surface area (Å²) >= 11 is 1.47. The molecule has 2 aromatic rings. The fourth-order valence-corrected chi connectivity index (χ4v) is 2.80. The second-order valence-electron chi connectivity index (χ2n) is 5.51. The summed E-state index contributed by atoms with van der Waals surface area (Å²) in [7, 11) is 0. The lowest BCUT2D eigenvalue weighted by molar-refractivity contribution is 0.0944. The molecule has 0 unspecified atom stereocenters. The largest absolute Gasteiger partial charge is 0.345 e. The van der Waals surface area contributed by atoms with Crippen molar-refractivity contribution in [2.24, 2.45) is 5.92 Å². The molecule has 2 rings (SSSR count). The van der Waals surface area contributed by atoms with Crippen molar-refractivity contribution in [1.82, 2.24) is 5.32 Å². The van der Waals surface area contributed by atoms with Crippen molar-refractivity contribution in [3.8, 4) is 0 Å². The summed E-state index contributed by atoms with van der Waals surface area (Å²) in [6.45, 7) is 6.46. The molecule has 0 spiro atoms. The molecule has 0 aliphatic carbocycles. The Morgan fingerprint density at radius 2 is 1.85 bits per heavy atom. The normalized spacial score (nSPS) is 12.4. The molecule has 0 bridgehead atoms. The molecule has 20 heavy (non-hydrogen) atoms. The number of amides is 1. The van der Waals surface area contributed by atoms with Gasteiger partial charge in [-0.15, -0.1) is 11.3 Å². The summed E-state index contributed by atoms with van der Waals surface area (Å²) in [6, 6.07) is 12.3. The second-order valence-corrected chi connectivity index (χ2v) is 6.46. The lowest BCUT2D eigenvalue weighted by atomic mass is 10.00. The fourth-order valence-electron chi connectivity index (χ4n) is 2.17. The summed E-state index contributed by atoms with van der Waals surface area (Å²) in [4.78, 5) is 12.8. The van der Waals surface area contributed by atoms with E-state index in [9.17, 15) is 4.79 Å². The van der Waals surface area contributed by atoms with Crippen LogP contribution in [0.5, 0.6) is 0 Å². The van der Waals surface area contributed by atoms with Gasteiger partial charge in [0.25, 0.3) is 5.91 Å². The molecule has 106 valence electrons. The Bertz CT molecular complexity index is 543. The van der Waals surface area contributed by atoms with E-state index in [1.165, 1.54) is 16.9 Å². The van der Waals surface area contributed by atoms with Crippen LogP contribution in [0.3, 0.4) is 0 Å². The first-order valence-electron chi connectivity index (χ1n) is 6.99. The van der Waals surface area contributed by atoms with Crippen LogP contribution in [0, 0.1) is 5.92 Å². The lowest BCUT2D eigenvalue weighted by Crippen LogP contribution is -2.25. The highest BCUT2D eigenvalue weighted by Gasteiger charge is 2.12. The zero-order chi connectivity index (χ0) is 14.5. The Morgan fingerprint density at radius 1 is 1.15 bits per heavy atom. The quantitative estimate of drug-likeness (QED) is 0.865. The molecular weight excluding hydrogens is 266 g/mol. The van der Waals surface area contributed by atoms with Gasteiger partial charge in [0, 0.05) is 0 Å². The number of benzene rings is 1. The SMILES string of the molecule is CC(C)Cc1ccc([C@H](C)NC(=O)c2cccs2)cc1. The average Bonchev–Trinajstić information content (AvgIpc) is 2.92. The standard InChI is InChI=1S/C17H21NOS/c1-12(2)11-14-6-8-15(9-7-14)13(3)18-17(19)16-5-4-10-20-16/h4-10,12-13H,11H2,1-3H3,(H,18,19)/t13-/m0/s1. The number of nitrogens with one attached hydrogen (secondary N) is 1. The predicted octanol–water partition coefficient (Wildman–Crippen LogP) is 4.44. The van der Waals surface area contributed by atoms with Gasteiger partial charge in [-0.25, -0.2) is 0 Å². The van der Waals surface area contributed by atoms with Gasteiger partial charge in [0.1, 0.15) is 0 Å². The number of rotatable bonds is 5. The molecule has 0 fully saturated rings. The molecule has 0 saturated heterocycles. The Hall–Kier alpha value is -1.61. The van der Waals surface area contributed by atoms with E-state index >= 15 is 0 Å². The molecule has 1 aromatic carbocycles. The monoisotopic (exact) mass is 287 g/mol. The summed E-state index contributed by atoms with van der Waals surface area (Å²) < 4.78 is 0. The maximum Gasteiger partial charge on any atom is 0.261 e. The van der Waals surface area contributed by atoms with Crippen LogP contribution in [0.25, 0.3) is 0 Å². The van der Waals surface area contributed by atoms with Gasteiger partial charge in [-0.1, -0.05) is 44.2 Å². The number of carbonyl (C=O) groups excluding carboxylic acids is 1. The number of thiophene rings is 1. The number of hydrogen-bond acceptors (Lipinski definition) is 2. The minimum Gasteiger partial charge on any atom is -0.345 e. The maximum absolute atomic E-state index is 12.0. The van der Waals surface area contributed by atoms with E-state index in [4.69, 9.17) is 0 Å². The number of carbonyl (C=O) groups is 1. The van der Waals surface area contributed by atoms with E-state index in [-0.39, 0.29) is 11.9 Å². The van der Waals surface area contributed by atoms with Gasteiger partial charge in [-0.2, -0.15) is 0 Å². The molecule has 1 heterocycles. The van der Waals surface area contributed by atoms with Gasteiger partial charge in [-0.3, -0.25) is 4.79 Å². The van der Waals surface area contributed by atoms with Crippen LogP contribution in [-0.4, -0.2) is 5.91 Å². The van der Waals surface area contributed by atoms with Gasteiger partial charge >= 0.3 is 0 Å². The van der Waals surface area contributed by atoms with Crippen molar-refractivity contribution in [2.75, 3.05) is 0 Å². The molecule has 1 aromatic heterocycles. The smallest absolute Gasteiger partial charge is 0.261 e. The summed E-state index contributed by atoms with van der Waals surface area (Å²) in [5, 5.41) is 4.95. The third-order valence-electron chi connectivity index (χ3n) is 3.22. The van der Waals surface area contributed by atoms with Gasteiger partial charge < -0.3 is 5.32 Å². The zero-order valence-electron chi connectivity index (χ0n) is 12.2. The predicted molar refractivity (Wildman–Crippen MR) is 85.2 cm³/mol. The van der Waals surface area contributed by atoms with Crippen LogP contribution < -0.4 is 5.32 Å². The van der Waals surface area contributed by atoms with Crippen LogP contribution in [0.15, 0.2) is 41.8 Å². The Kier molecular flexibility index (Phi) is 4.96. The molecule has 0 aliphatic rings. The third kappa shape index (κ3) is 3.94. The molecule has 1 amide bonds. The summed E-state index contributed by atoms with van der Waals surface area (Å²) in [5.41, 5.74) is 2.49. The molecule has 1 N–H and O–H groups in total. The average molecular weight is 287 g/mol. The zero-order valence-corrected chi connectivity index (χ0v) is 13.0. The lowest BCUT2D eigenvalue weighted by Gasteiger charge is -2.14. The minimum absolute atomic E-state index is 0.00115. The van der Waals surface area contributed by atoms with E-state index in [1.807, 2.05) is 24.4 Å². The Balaban J connectivity index is 1.98. The highest BCUT2D eigenvalue weighted by molar-refractivity contribution is 7.12. The first kappa shape index (κ1) is 14.8. The van der Waals surface area contributed by atoms with E-state index < -0.39 is 0 Å². The van der Waals surface area contributed by atoms with Crippen LogP contribution >= 0.6 is 11.3 Å². The minimum atomic E-state index is -0.00115. The third-order valence-corrected chi connectivity index (χ3v) is 4.08. The van der Waals surface area contributed by atoms with Crippen molar-refractivity contribution in [1.29, 1.82) is 0 Å². The fraction of sp³-hybridized carbons (Fsp3) is 0.353. The van der Waals surface area contributed by atoms with Gasteiger partial charge in [0.2, 0.25) is 0 Å². The van der Waals surface area contributed by atoms with Crippen molar-refractivity contribution >= 4 is 17.2 Å². The highest BCUT2D eigenvalue weighted by Crippen LogP contribution is 2.17. The summed E-state index contributed by atoms with van der Waals surface area (Å²) in [6.07, 6.45) is 1.09. The van der Waals surface area contributed by atoms with Crippen LogP contribution in [-0.2, 0) is 6.42 Å². The topological polar surface area (TPSA) is 29.1 Å². The van der Waals surface area contributed by atoms with Gasteiger partial charge in [-0.05, 0) is 41.8 Å². The van der Waals surface area contributed by atoms with Crippen molar-refractivity contribution < 1.29 is 4.79 Å². The van der Waals surface area contributed by atoms with Gasteiger partial charge in [0.15, 0.2) is 0 Å².